The van der Waals surface area contributed by atoms with Gasteiger partial charge in [-0.05, 0) is 88.6 Å². The van der Waals surface area contributed by atoms with Crippen LogP contribution in [0.4, 0.5) is 10.6 Å². The van der Waals surface area contributed by atoms with E-state index in [9.17, 15) is 4.79 Å². The normalized spacial score (nSPS) is 24.2. The van der Waals surface area contributed by atoms with Crippen molar-refractivity contribution >= 4 is 27.8 Å². The smallest absolute Gasteiger partial charge is 0.410 e. The molecule has 10 heteroatoms. The van der Waals surface area contributed by atoms with Gasteiger partial charge < -0.3 is 24.0 Å². The number of carbonyl (C=O) groups excluding carboxylic acids is 1. The van der Waals surface area contributed by atoms with Gasteiger partial charge in [-0.15, -0.1) is 0 Å². The Bertz CT molecular complexity index is 1010. The lowest BCUT2D eigenvalue weighted by molar-refractivity contribution is -0.0931. The van der Waals surface area contributed by atoms with E-state index < -0.39 is 5.60 Å². The first-order valence-electron chi connectivity index (χ1n) is 14.7. The molecule has 1 amide bonds. The van der Waals surface area contributed by atoms with Gasteiger partial charge in [0.1, 0.15) is 5.60 Å². The summed E-state index contributed by atoms with van der Waals surface area (Å²) in [6.07, 6.45) is 8.01. The highest BCUT2D eigenvalue weighted by Crippen LogP contribution is 2.56. The maximum atomic E-state index is 12.4. The molecule has 4 aliphatic rings. The number of ether oxygens (including phenoxy) is 3. The molecule has 2 saturated carbocycles. The van der Waals surface area contributed by atoms with Gasteiger partial charge in [-0.3, -0.25) is 9.58 Å². The van der Waals surface area contributed by atoms with Crippen LogP contribution >= 0.6 is 15.9 Å². The van der Waals surface area contributed by atoms with Crippen molar-refractivity contribution in [3.63, 3.8) is 0 Å². The third-order valence-corrected chi connectivity index (χ3v) is 10.5. The Balaban J connectivity index is 1.24. The van der Waals surface area contributed by atoms with Crippen molar-refractivity contribution in [1.29, 1.82) is 0 Å². The molecular formula is C29H48BrN5O4. The molecule has 3 heterocycles. The Hall–Kier alpha value is -1.36. The van der Waals surface area contributed by atoms with Crippen LogP contribution in [0.1, 0.15) is 77.5 Å². The average Bonchev–Trinajstić information content (AvgIpc) is 3.09. The summed E-state index contributed by atoms with van der Waals surface area (Å²) >= 11 is 3.95. The molecule has 220 valence electrons. The summed E-state index contributed by atoms with van der Waals surface area (Å²) in [5.41, 5.74) is 1.19. The molecular weight excluding hydrogens is 562 g/mol. The van der Waals surface area contributed by atoms with Gasteiger partial charge in [0.2, 0.25) is 0 Å². The molecule has 5 rings (SSSR count). The lowest BCUT2D eigenvalue weighted by Crippen LogP contribution is -2.64. The summed E-state index contributed by atoms with van der Waals surface area (Å²) < 4.78 is 19.8. The quantitative estimate of drug-likeness (QED) is 0.389. The van der Waals surface area contributed by atoms with Crippen LogP contribution in [0.15, 0.2) is 4.47 Å². The topological polar surface area (TPSA) is 72.3 Å². The Morgan fingerprint density at radius 2 is 1.74 bits per heavy atom. The van der Waals surface area contributed by atoms with E-state index in [0.717, 1.165) is 75.5 Å². The maximum Gasteiger partial charge on any atom is 0.410 e. The largest absolute Gasteiger partial charge is 0.444 e. The highest BCUT2D eigenvalue weighted by Gasteiger charge is 2.56. The predicted molar refractivity (Wildman–Crippen MR) is 155 cm³/mol. The lowest BCUT2D eigenvalue weighted by Gasteiger charge is -2.58. The molecule has 4 fully saturated rings. The summed E-state index contributed by atoms with van der Waals surface area (Å²) in [7, 11) is 3.57. The van der Waals surface area contributed by atoms with E-state index in [-0.39, 0.29) is 17.0 Å². The molecule has 0 N–H and O–H groups in total. The van der Waals surface area contributed by atoms with E-state index in [4.69, 9.17) is 19.3 Å². The van der Waals surface area contributed by atoms with Crippen LogP contribution in [0.25, 0.3) is 0 Å². The summed E-state index contributed by atoms with van der Waals surface area (Å²) in [5.74, 6) is 1.12. The van der Waals surface area contributed by atoms with Gasteiger partial charge in [0.15, 0.2) is 5.82 Å². The highest BCUT2D eigenvalue weighted by atomic mass is 79.9. The fourth-order valence-electron chi connectivity index (χ4n) is 7.36. The summed E-state index contributed by atoms with van der Waals surface area (Å²) in [6.45, 7) is 14.0. The Kier molecular flexibility index (Phi) is 8.32. The number of hydrogen-bond acceptors (Lipinski definition) is 7. The first-order chi connectivity index (χ1) is 18.5. The number of halogens is 1. The van der Waals surface area contributed by atoms with Crippen molar-refractivity contribution in [2.24, 2.45) is 5.41 Å². The maximum absolute atomic E-state index is 12.4. The molecule has 1 atom stereocenters. The molecule has 1 unspecified atom stereocenters. The molecule has 2 saturated heterocycles. The van der Waals surface area contributed by atoms with E-state index in [1.165, 1.54) is 31.4 Å². The SMILES string of the molecule is COCCN(CCOC)C1CCN(c2nn(C3CC4(C3)CN(C(=O)OC(C)(C)C)C4)c(C)c2Br)C2(CCC2)C1. The number of amides is 1. The Morgan fingerprint density at radius 1 is 1.10 bits per heavy atom. The third-order valence-electron chi connectivity index (χ3n) is 9.54. The van der Waals surface area contributed by atoms with Gasteiger partial charge in [-0.25, -0.2) is 4.79 Å². The van der Waals surface area contributed by atoms with Crippen molar-refractivity contribution in [3.05, 3.63) is 10.2 Å². The second-order valence-electron chi connectivity index (χ2n) is 13.5. The van der Waals surface area contributed by atoms with Crippen molar-refractivity contribution in [2.75, 3.05) is 65.1 Å². The number of aromatic nitrogens is 2. The molecule has 1 aromatic heterocycles. The zero-order valence-electron chi connectivity index (χ0n) is 24.8. The predicted octanol–water partition coefficient (Wildman–Crippen LogP) is 5.01. The second kappa shape index (κ2) is 11.1. The summed E-state index contributed by atoms with van der Waals surface area (Å²) in [4.78, 5) is 19.5. The number of methoxy groups -OCH3 is 2. The van der Waals surface area contributed by atoms with Crippen molar-refractivity contribution in [1.82, 2.24) is 19.6 Å². The Morgan fingerprint density at radius 3 is 2.28 bits per heavy atom. The fraction of sp³-hybridized carbons (Fsp3) is 0.862. The van der Waals surface area contributed by atoms with Crippen LogP contribution in [0, 0.1) is 12.3 Å². The molecule has 39 heavy (non-hydrogen) atoms. The molecule has 9 nitrogen and oxygen atoms in total. The van der Waals surface area contributed by atoms with E-state index in [1.807, 2.05) is 25.7 Å². The van der Waals surface area contributed by atoms with Gasteiger partial charge in [-0.2, -0.15) is 5.10 Å². The molecule has 1 aromatic rings. The van der Waals surface area contributed by atoms with E-state index in [0.29, 0.717) is 12.1 Å². The molecule has 0 bridgehead atoms. The van der Waals surface area contributed by atoms with Gasteiger partial charge in [0.05, 0.1) is 29.4 Å². The van der Waals surface area contributed by atoms with E-state index >= 15 is 0 Å². The molecule has 0 radical (unpaired) electrons. The third kappa shape index (κ3) is 5.72. The minimum absolute atomic E-state index is 0.186. The number of hydrogen-bond donors (Lipinski definition) is 0. The summed E-state index contributed by atoms with van der Waals surface area (Å²) in [5, 5.41) is 5.26. The van der Waals surface area contributed by atoms with Gasteiger partial charge >= 0.3 is 6.09 Å². The average molecular weight is 611 g/mol. The highest BCUT2D eigenvalue weighted by molar-refractivity contribution is 9.10. The van der Waals surface area contributed by atoms with Crippen LogP contribution in [-0.2, 0) is 14.2 Å². The molecule has 0 aromatic carbocycles. The zero-order valence-corrected chi connectivity index (χ0v) is 26.4. The first kappa shape index (κ1) is 29.1. The number of carbonyl (C=O) groups is 1. The van der Waals surface area contributed by atoms with Gasteiger partial charge in [0.25, 0.3) is 0 Å². The fourth-order valence-corrected chi connectivity index (χ4v) is 7.84. The van der Waals surface area contributed by atoms with Crippen LogP contribution in [0.2, 0.25) is 0 Å². The Labute approximate surface area is 242 Å². The van der Waals surface area contributed by atoms with Crippen molar-refractivity contribution in [2.45, 2.75) is 95.9 Å². The standard InChI is InChI=1S/C29H48BrN5O4/c1-21-24(30)25(31-35(21)23-16-28(17-23)19-33(20-28)26(36)39-27(2,3)4)34-11-8-22(18-29(34)9-7-10-29)32(12-14-37-5)13-15-38-6/h22-23H,7-20H2,1-6H3. The monoisotopic (exact) mass is 609 g/mol. The van der Waals surface area contributed by atoms with Crippen molar-refractivity contribution < 1.29 is 19.0 Å². The molecule has 2 spiro atoms. The number of nitrogens with zero attached hydrogens (tertiary/aromatic N) is 5. The minimum atomic E-state index is -0.449. The van der Waals surface area contributed by atoms with Gasteiger partial charge in [0, 0.05) is 63.9 Å². The van der Waals surface area contributed by atoms with Crippen LogP contribution < -0.4 is 4.90 Å². The number of likely N-dealkylation sites (tertiary alicyclic amines) is 1. The summed E-state index contributed by atoms with van der Waals surface area (Å²) in [6, 6.07) is 0.941. The minimum Gasteiger partial charge on any atom is -0.444 e. The van der Waals surface area contributed by atoms with Gasteiger partial charge in [-0.1, -0.05) is 0 Å². The van der Waals surface area contributed by atoms with Crippen LogP contribution in [0.3, 0.4) is 0 Å². The first-order valence-corrected chi connectivity index (χ1v) is 15.5. The number of anilines is 1. The molecule has 2 aliphatic heterocycles. The molecule has 2 aliphatic carbocycles. The van der Waals surface area contributed by atoms with Crippen LogP contribution in [-0.4, -0.2) is 103 Å². The van der Waals surface area contributed by atoms with E-state index in [2.05, 4.69) is 37.3 Å². The zero-order chi connectivity index (χ0) is 28.0. The van der Waals surface area contributed by atoms with E-state index in [1.54, 1.807) is 14.2 Å². The number of rotatable bonds is 9. The van der Waals surface area contributed by atoms with Crippen molar-refractivity contribution in [3.8, 4) is 0 Å². The second-order valence-corrected chi connectivity index (χ2v) is 14.3. The van der Waals surface area contributed by atoms with Crippen LogP contribution in [0.5, 0.6) is 0 Å². The lowest BCUT2D eigenvalue weighted by atomic mass is 9.61. The number of piperidine rings is 1.